The van der Waals surface area contributed by atoms with E-state index in [1.165, 1.54) is 13.3 Å². The molecular weight excluding hydrogens is 359 g/mol. The van der Waals surface area contributed by atoms with Gasteiger partial charge < -0.3 is 15.6 Å². The zero-order valence-corrected chi connectivity index (χ0v) is 15.1. The molecule has 1 aromatic heterocycles. The van der Waals surface area contributed by atoms with E-state index in [9.17, 15) is 18.3 Å². The Morgan fingerprint density at radius 2 is 2.15 bits per heavy atom. The van der Waals surface area contributed by atoms with Crippen LogP contribution in [0.4, 0.5) is 13.2 Å². The second-order valence-corrected chi connectivity index (χ2v) is 7.10. The minimum absolute atomic E-state index is 0.110. The zero-order chi connectivity index (χ0) is 19.6. The number of nitrogens with zero attached hydrogens (tertiary/aromatic N) is 2. The van der Waals surface area contributed by atoms with Crippen molar-refractivity contribution in [3.8, 4) is 11.4 Å². The molecule has 27 heavy (non-hydrogen) atoms. The largest absolute Gasteiger partial charge is 0.496 e. The highest BCUT2D eigenvalue weighted by molar-refractivity contribution is 5.47. The number of methoxy groups -OCH3 is 1. The molecule has 0 bridgehead atoms. The van der Waals surface area contributed by atoms with Gasteiger partial charge in [0.25, 0.3) is 0 Å². The van der Waals surface area contributed by atoms with Gasteiger partial charge in [-0.05, 0) is 49.8 Å². The first-order chi connectivity index (χ1) is 12.8. The summed E-state index contributed by atoms with van der Waals surface area (Å²) in [7, 11) is 1.51. The zero-order valence-electron chi connectivity index (χ0n) is 15.1. The molecule has 0 saturated heterocycles. The molecule has 1 heterocycles. The van der Waals surface area contributed by atoms with Crippen molar-refractivity contribution < 1.29 is 23.0 Å². The molecule has 0 amide bonds. The van der Waals surface area contributed by atoms with Gasteiger partial charge in [-0.15, -0.1) is 0 Å². The van der Waals surface area contributed by atoms with Crippen molar-refractivity contribution in [2.45, 2.75) is 43.8 Å². The fourth-order valence-electron chi connectivity index (χ4n) is 3.94. The quantitative estimate of drug-likeness (QED) is 0.801. The number of hydrogen-bond donors (Lipinski definition) is 2. The van der Waals surface area contributed by atoms with Crippen LogP contribution in [0, 0.1) is 5.92 Å². The van der Waals surface area contributed by atoms with Gasteiger partial charge in [-0.2, -0.15) is 13.2 Å². The molecule has 1 aliphatic rings. The fourth-order valence-corrected chi connectivity index (χ4v) is 3.94. The first kappa shape index (κ1) is 19.7. The predicted octanol–water partition coefficient (Wildman–Crippen LogP) is 3.49. The van der Waals surface area contributed by atoms with Crippen molar-refractivity contribution in [3.63, 3.8) is 0 Å². The van der Waals surface area contributed by atoms with Crippen LogP contribution in [-0.2, 0) is 6.18 Å². The molecule has 5 nitrogen and oxygen atoms in total. The summed E-state index contributed by atoms with van der Waals surface area (Å²) < 4.78 is 46.0. The van der Waals surface area contributed by atoms with Gasteiger partial charge in [0, 0.05) is 35.6 Å². The topological polar surface area (TPSA) is 73.3 Å². The average molecular weight is 383 g/mol. The number of hydrogen-bond acceptors (Lipinski definition) is 4. The SMILES string of the molecule is COc1ccc(-n2ccnc2C(F)(F)F)cc1[C@@H](CO)C[C@@H]1CC[C@H](N)C1. The minimum atomic E-state index is -4.56. The molecule has 8 heteroatoms. The van der Waals surface area contributed by atoms with Crippen molar-refractivity contribution >= 4 is 0 Å². The lowest BCUT2D eigenvalue weighted by atomic mass is 9.87. The third kappa shape index (κ3) is 4.27. The van der Waals surface area contributed by atoms with Gasteiger partial charge >= 0.3 is 6.18 Å². The summed E-state index contributed by atoms with van der Waals surface area (Å²) in [5.74, 6) is -0.271. The van der Waals surface area contributed by atoms with Crippen LogP contribution in [-0.4, -0.2) is 34.4 Å². The maximum atomic E-state index is 13.2. The molecule has 0 spiro atoms. The molecule has 2 aromatic rings. The van der Waals surface area contributed by atoms with E-state index in [2.05, 4.69) is 4.98 Å². The smallest absolute Gasteiger partial charge is 0.450 e. The first-order valence-electron chi connectivity index (χ1n) is 8.98. The summed E-state index contributed by atoms with van der Waals surface area (Å²) in [6.45, 7) is -0.110. The second kappa shape index (κ2) is 7.90. The normalized spacial score (nSPS) is 21.4. The van der Waals surface area contributed by atoms with Gasteiger partial charge in [0.2, 0.25) is 5.82 Å². The van der Waals surface area contributed by atoms with Gasteiger partial charge in [-0.1, -0.05) is 0 Å². The van der Waals surface area contributed by atoms with E-state index in [0.29, 0.717) is 22.9 Å². The molecule has 0 aliphatic heterocycles. The Morgan fingerprint density at radius 3 is 2.74 bits per heavy atom. The lowest BCUT2D eigenvalue weighted by Gasteiger charge is -2.22. The van der Waals surface area contributed by atoms with Crippen LogP contribution in [0.1, 0.15) is 43.0 Å². The van der Waals surface area contributed by atoms with Gasteiger partial charge in [0.05, 0.1) is 13.7 Å². The number of rotatable bonds is 6. The first-order valence-corrected chi connectivity index (χ1v) is 8.98. The molecular formula is C19H24F3N3O2. The molecule has 3 rings (SSSR count). The van der Waals surface area contributed by atoms with Crippen LogP contribution in [0.5, 0.6) is 5.75 Å². The molecule has 148 valence electrons. The Morgan fingerprint density at radius 1 is 1.37 bits per heavy atom. The average Bonchev–Trinajstić information content (AvgIpc) is 3.28. The van der Waals surface area contributed by atoms with E-state index in [-0.39, 0.29) is 18.6 Å². The van der Waals surface area contributed by atoms with Crippen LogP contribution in [0.3, 0.4) is 0 Å². The van der Waals surface area contributed by atoms with Crippen LogP contribution in [0.2, 0.25) is 0 Å². The number of ether oxygens (including phenoxy) is 1. The monoisotopic (exact) mass is 383 g/mol. The second-order valence-electron chi connectivity index (χ2n) is 7.10. The fraction of sp³-hybridized carbons (Fsp3) is 0.526. The highest BCUT2D eigenvalue weighted by Gasteiger charge is 2.36. The summed E-state index contributed by atoms with van der Waals surface area (Å²) in [5.41, 5.74) is 7.00. The van der Waals surface area contributed by atoms with Crippen molar-refractivity contribution in [2.24, 2.45) is 11.7 Å². The van der Waals surface area contributed by atoms with Crippen molar-refractivity contribution in [2.75, 3.05) is 13.7 Å². The number of benzene rings is 1. The van der Waals surface area contributed by atoms with Crippen LogP contribution in [0.15, 0.2) is 30.6 Å². The number of imidazole rings is 1. The third-order valence-electron chi connectivity index (χ3n) is 5.25. The Kier molecular flexibility index (Phi) is 5.76. The predicted molar refractivity (Wildman–Crippen MR) is 94.9 cm³/mol. The Balaban J connectivity index is 1.95. The van der Waals surface area contributed by atoms with Crippen molar-refractivity contribution in [1.29, 1.82) is 0 Å². The molecule has 1 saturated carbocycles. The van der Waals surface area contributed by atoms with E-state index in [4.69, 9.17) is 10.5 Å². The number of aliphatic hydroxyl groups is 1. The number of aromatic nitrogens is 2. The number of aliphatic hydroxyl groups excluding tert-OH is 1. The summed E-state index contributed by atoms with van der Waals surface area (Å²) in [6, 6.07) is 5.02. The van der Waals surface area contributed by atoms with Crippen molar-refractivity contribution in [3.05, 3.63) is 42.0 Å². The summed E-state index contributed by atoms with van der Waals surface area (Å²) in [4.78, 5) is 3.44. The highest BCUT2D eigenvalue weighted by Crippen LogP contribution is 2.38. The maximum Gasteiger partial charge on any atom is 0.450 e. The van der Waals surface area contributed by atoms with Gasteiger partial charge in [-0.3, -0.25) is 4.57 Å². The van der Waals surface area contributed by atoms with Crippen LogP contribution >= 0.6 is 0 Å². The maximum absolute atomic E-state index is 13.2. The molecule has 0 unspecified atom stereocenters. The van der Waals surface area contributed by atoms with Gasteiger partial charge in [-0.25, -0.2) is 4.98 Å². The van der Waals surface area contributed by atoms with Crippen molar-refractivity contribution in [1.82, 2.24) is 9.55 Å². The molecule has 3 atom stereocenters. The van der Waals surface area contributed by atoms with Gasteiger partial charge in [0.1, 0.15) is 5.75 Å². The molecule has 1 aromatic carbocycles. The number of nitrogens with two attached hydrogens (primary N) is 1. The molecule has 0 radical (unpaired) electrons. The number of alkyl halides is 3. The molecule has 1 fully saturated rings. The summed E-state index contributed by atoms with van der Waals surface area (Å²) in [5, 5.41) is 9.95. The molecule has 3 N–H and O–H groups in total. The van der Waals surface area contributed by atoms with E-state index in [0.717, 1.165) is 36.4 Å². The summed E-state index contributed by atoms with van der Waals surface area (Å²) in [6.07, 6.45) is 1.43. The highest BCUT2D eigenvalue weighted by atomic mass is 19.4. The minimum Gasteiger partial charge on any atom is -0.496 e. The molecule has 1 aliphatic carbocycles. The van der Waals surface area contributed by atoms with E-state index < -0.39 is 12.0 Å². The van der Waals surface area contributed by atoms with E-state index in [1.807, 2.05) is 0 Å². The Labute approximate surface area is 156 Å². The lowest BCUT2D eigenvalue weighted by molar-refractivity contribution is -0.145. The lowest BCUT2D eigenvalue weighted by Crippen LogP contribution is -2.17. The van der Waals surface area contributed by atoms with Gasteiger partial charge in [0.15, 0.2) is 0 Å². The Bertz CT molecular complexity index is 776. The summed E-state index contributed by atoms with van der Waals surface area (Å²) >= 11 is 0. The van der Waals surface area contributed by atoms with E-state index >= 15 is 0 Å². The number of halogens is 3. The Hall–Kier alpha value is -2.06. The van der Waals surface area contributed by atoms with Crippen LogP contribution in [0.25, 0.3) is 5.69 Å². The van der Waals surface area contributed by atoms with E-state index in [1.54, 1.807) is 18.2 Å². The third-order valence-corrected chi connectivity index (χ3v) is 5.25. The van der Waals surface area contributed by atoms with Crippen LogP contribution < -0.4 is 10.5 Å². The standard InChI is InChI=1S/C19H24F3N3O2/c1-27-17-5-4-15(25-7-6-24-18(25)19(20,21)22)10-16(17)13(11-26)8-12-2-3-14(23)9-12/h4-7,10,12-14,26H,2-3,8-9,11,23H2,1H3/t12-,13+,14-/m0/s1.